The number of hydrogen-bond donors (Lipinski definition) is 2. The molecule has 0 aromatic heterocycles. The Morgan fingerprint density at radius 2 is 1.42 bits per heavy atom. The summed E-state index contributed by atoms with van der Waals surface area (Å²) in [5, 5.41) is 11.1. The van der Waals surface area contributed by atoms with Crippen molar-refractivity contribution in [2.24, 2.45) is 0 Å². The maximum atomic E-state index is 12.7. The van der Waals surface area contributed by atoms with E-state index in [1.807, 2.05) is 0 Å². The predicted molar refractivity (Wildman–Crippen MR) is 127 cm³/mol. The van der Waals surface area contributed by atoms with E-state index in [4.69, 9.17) is 0 Å². The highest BCUT2D eigenvalue weighted by Crippen LogP contribution is 2.42. The molecule has 0 radical (unpaired) electrons. The van der Waals surface area contributed by atoms with Crippen LogP contribution in [0.2, 0.25) is 0 Å². The normalized spacial score (nSPS) is 19.5. The molecule has 1 aliphatic carbocycles. The van der Waals surface area contributed by atoms with Gasteiger partial charge in [0, 0.05) is 5.70 Å². The van der Waals surface area contributed by atoms with Gasteiger partial charge in [-0.1, -0.05) is 84.9 Å². The molecule has 0 saturated carbocycles. The second-order valence-corrected chi connectivity index (χ2v) is 8.24. The van der Waals surface area contributed by atoms with Crippen LogP contribution in [-0.4, -0.2) is 6.03 Å². The Hall–Kier alpha value is -3.85. The van der Waals surface area contributed by atoms with E-state index in [0.717, 1.165) is 24.1 Å². The molecule has 1 aliphatic heterocycles. The Balaban J connectivity index is 1.48. The first-order valence-corrected chi connectivity index (χ1v) is 10.7. The molecule has 0 spiro atoms. The summed E-state index contributed by atoms with van der Waals surface area (Å²) in [6, 6.07) is 29.3. The molecular weight excluding hydrogens is 380 g/mol. The van der Waals surface area contributed by atoms with Crippen LogP contribution in [0.5, 0.6) is 0 Å². The molecule has 0 fully saturated rings. The van der Waals surface area contributed by atoms with Crippen LogP contribution in [0.3, 0.4) is 0 Å². The van der Waals surface area contributed by atoms with E-state index in [0.29, 0.717) is 0 Å². The summed E-state index contributed by atoms with van der Waals surface area (Å²) >= 11 is 0. The molecule has 1 unspecified atom stereocenters. The molecular formula is C28H22N2O. The Labute approximate surface area is 181 Å². The Bertz CT molecular complexity index is 1400. The molecule has 2 N–H and O–H groups in total. The summed E-state index contributed by atoms with van der Waals surface area (Å²) in [6.07, 6.45) is 4.11. The minimum absolute atomic E-state index is 0.103. The highest BCUT2D eigenvalue weighted by atomic mass is 16.2. The number of carbonyl (C=O) groups excluding carboxylic acids is 1. The Morgan fingerprint density at radius 1 is 0.742 bits per heavy atom. The van der Waals surface area contributed by atoms with E-state index < -0.39 is 0 Å². The highest BCUT2D eigenvalue weighted by Gasteiger charge is 2.34. The van der Waals surface area contributed by atoms with E-state index in [-0.39, 0.29) is 12.1 Å². The molecule has 150 valence electrons. The summed E-state index contributed by atoms with van der Waals surface area (Å²) in [4.78, 5) is 12.7. The SMILES string of the molecule is O=C1NC2=C(CC/C2=C\c2cccc3ccccc23)C(c2cccc3ccccc23)N1. The molecule has 0 bridgehead atoms. The maximum Gasteiger partial charge on any atom is 0.319 e. The third-order valence-electron chi connectivity index (χ3n) is 6.46. The quantitative estimate of drug-likeness (QED) is 0.396. The van der Waals surface area contributed by atoms with E-state index in [9.17, 15) is 4.79 Å². The van der Waals surface area contributed by atoms with Gasteiger partial charge >= 0.3 is 6.03 Å². The van der Waals surface area contributed by atoms with Gasteiger partial charge in [0.2, 0.25) is 0 Å². The zero-order valence-electron chi connectivity index (χ0n) is 17.1. The van der Waals surface area contributed by atoms with Crippen molar-refractivity contribution in [2.45, 2.75) is 18.9 Å². The smallest absolute Gasteiger partial charge is 0.319 e. The fraction of sp³-hybridized carbons (Fsp3) is 0.107. The second-order valence-electron chi connectivity index (χ2n) is 8.24. The largest absolute Gasteiger partial charge is 0.327 e. The van der Waals surface area contributed by atoms with Crippen LogP contribution in [0.15, 0.2) is 102 Å². The van der Waals surface area contributed by atoms with Crippen LogP contribution < -0.4 is 10.6 Å². The lowest BCUT2D eigenvalue weighted by Crippen LogP contribution is -2.43. The fourth-order valence-corrected chi connectivity index (χ4v) is 5.02. The van der Waals surface area contributed by atoms with Crippen LogP contribution in [0, 0.1) is 0 Å². The predicted octanol–water partition coefficient (Wildman–Crippen LogP) is 6.48. The average Bonchev–Trinajstić information content (AvgIpc) is 3.21. The Kier molecular flexibility index (Phi) is 4.13. The van der Waals surface area contributed by atoms with Crippen LogP contribution >= 0.6 is 0 Å². The lowest BCUT2D eigenvalue weighted by atomic mass is 9.92. The van der Waals surface area contributed by atoms with Crippen molar-refractivity contribution < 1.29 is 4.79 Å². The van der Waals surface area contributed by atoms with Crippen LogP contribution in [0.1, 0.15) is 30.0 Å². The molecule has 1 atom stereocenters. The third-order valence-corrected chi connectivity index (χ3v) is 6.46. The van der Waals surface area contributed by atoms with Crippen molar-refractivity contribution in [3.05, 3.63) is 113 Å². The van der Waals surface area contributed by atoms with E-state index in [1.165, 1.54) is 38.3 Å². The number of amides is 2. The summed E-state index contributed by atoms with van der Waals surface area (Å²) < 4.78 is 0. The number of rotatable bonds is 2. The zero-order valence-corrected chi connectivity index (χ0v) is 17.1. The molecule has 0 saturated heterocycles. The fourth-order valence-electron chi connectivity index (χ4n) is 5.02. The minimum Gasteiger partial charge on any atom is -0.327 e. The molecule has 2 aliphatic rings. The first kappa shape index (κ1) is 18.0. The molecule has 4 aromatic rings. The first-order valence-electron chi connectivity index (χ1n) is 10.7. The standard InChI is InChI=1S/C28H22N2O/c31-28-29-26-21(17-20-11-5-9-18-7-1-3-12-22(18)20)15-16-25(26)27(30-28)24-14-6-10-19-8-2-4-13-23(19)24/h1-14,17,27H,15-16H2,(H2,29,30,31)/b21-17+. The van der Waals surface area contributed by atoms with Gasteiger partial charge in [-0.3, -0.25) is 0 Å². The highest BCUT2D eigenvalue weighted by molar-refractivity contribution is 5.92. The number of nitrogens with one attached hydrogen (secondary N) is 2. The molecule has 6 rings (SSSR count). The van der Waals surface area contributed by atoms with Gasteiger partial charge < -0.3 is 10.6 Å². The summed E-state index contributed by atoms with van der Waals surface area (Å²) in [5.74, 6) is 0. The molecule has 3 heteroatoms. The van der Waals surface area contributed by atoms with Crippen molar-refractivity contribution in [3.63, 3.8) is 0 Å². The Morgan fingerprint density at radius 3 is 2.26 bits per heavy atom. The van der Waals surface area contributed by atoms with Crippen molar-refractivity contribution in [2.75, 3.05) is 0 Å². The van der Waals surface area contributed by atoms with Gasteiger partial charge in [0.05, 0.1) is 6.04 Å². The zero-order chi connectivity index (χ0) is 20.8. The van der Waals surface area contributed by atoms with Gasteiger partial charge in [-0.15, -0.1) is 0 Å². The maximum absolute atomic E-state index is 12.7. The van der Waals surface area contributed by atoms with Gasteiger partial charge in [-0.2, -0.15) is 0 Å². The number of fused-ring (bicyclic) bond motifs is 2. The first-order chi connectivity index (χ1) is 15.3. The lowest BCUT2D eigenvalue weighted by molar-refractivity contribution is 0.239. The number of hydrogen-bond acceptors (Lipinski definition) is 1. The summed E-state index contributed by atoms with van der Waals surface area (Å²) in [7, 11) is 0. The van der Waals surface area contributed by atoms with Crippen molar-refractivity contribution in [3.8, 4) is 0 Å². The lowest BCUT2D eigenvalue weighted by Gasteiger charge is -2.28. The number of carbonyl (C=O) groups is 1. The van der Waals surface area contributed by atoms with Crippen molar-refractivity contribution in [1.29, 1.82) is 0 Å². The molecule has 1 heterocycles. The molecule has 3 nitrogen and oxygen atoms in total. The van der Waals surface area contributed by atoms with Crippen molar-refractivity contribution in [1.82, 2.24) is 10.6 Å². The van der Waals surface area contributed by atoms with Gasteiger partial charge in [0.25, 0.3) is 0 Å². The van der Waals surface area contributed by atoms with Crippen LogP contribution in [0.4, 0.5) is 4.79 Å². The third kappa shape index (κ3) is 3.01. The number of allylic oxidation sites excluding steroid dienone is 1. The van der Waals surface area contributed by atoms with Crippen LogP contribution in [-0.2, 0) is 0 Å². The van der Waals surface area contributed by atoms with Gasteiger partial charge in [-0.25, -0.2) is 4.79 Å². The topological polar surface area (TPSA) is 41.1 Å². The summed E-state index contributed by atoms with van der Waals surface area (Å²) in [6.45, 7) is 0. The number of benzene rings is 4. The number of urea groups is 1. The van der Waals surface area contributed by atoms with E-state index in [1.54, 1.807) is 0 Å². The minimum atomic E-state index is -0.137. The van der Waals surface area contributed by atoms with Crippen LogP contribution in [0.25, 0.3) is 27.6 Å². The summed E-state index contributed by atoms with van der Waals surface area (Å²) in [5.41, 5.74) is 5.81. The van der Waals surface area contributed by atoms with Gasteiger partial charge in [0.1, 0.15) is 0 Å². The van der Waals surface area contributed by atoms with Gasteiger partial charge in [-0.05, 0) is 62.7 Å². The second kappa shape index (κ2) is 7.13. The monoisotopic (exact) mass is 402 g/mol. The van der Waals surface area contributed by atoms with E-state index >= 15 is 0 Å². The molecule has 2 amide bonds. The van der Waals surface area contributed by atoms with E-state index in [2.05, 4.69) is 102 Å². The average molecular weight is 402 g/mol. The molecule has 4 aromatic carbocycles. The van der Waals surface area contributed by atoms with Crippen molar-refractivity contribution >= 4 is 33.7 Å². The molecule has 31 heavy (non-hydrogen) atoms. The van der Waals surface area contributed by atoms with Gasteiger partial charge in [0.15, 0.2) is 0 Å².